The number of imide groups is 1. The number of ether oxygens (including phenoxy) is 1. The van der Waals surface area contributed by atoms with Crippen LogP contribution < -0.4 is 10.1 Å². The van der Waals surface area contributed by atoms with Gasteiger partial charge in [-0.05, 0) is 36.2 Å². The van der Waals surface area contributed by atoms with Crippen molar-refractivity contribution in [1.82, 2.24) is 14.5 Å². The molecule has 1 atom stereocenters. The van der Waals surface area contributed by atoms with E-state index >= 15 is 0 Å². The Labute approximate surface area is 186 Å². The first-order chi connectivity index (χ1) is 15.2. The number of fused-ring (bicyclic) bond motifs is 1. The van der Waals surface area contributed by atoms with Crippen molar-refractivity contribution in [3.05, 3.63) is 59.2 Å². The molecule has 2 aliphatic heterocycles. The second-order valence-corrected chi connectivity index (χ2v) is 10.1. The zero-order valence-electron chi connectivity index (χ0n) is 17.7. The van der Waals surface area contributed by atoms with Gasteiger partial charge in [-0.15, -0.1) is 0 Å². The smallest absolute Gasteiger partial charge is 0.255 e. The summed E-state index contributed by atoms with van der Waals surface area (Å²) in [5.41, 5.74) is 1.93. The molecule has 1 N–H and O–H groups in total. The van der Waals surface area contributed by atoms with Crippen LogP contribution in [-0.4, -0.2) is 55.5 Å². The average molecular weight is 458 g/mol. The monoisotopic (exact) mass is 457 g/mol. The number of nitrogens with one attached hydrogen (secondary N) is 1. The number of piperidine rings is 1. The molecule has 2 aromatic carbocycles. The van der Waals surface area contributed by atoms with E-state index in [0.29, 0.717) is 23.3 Å². The second-order valence-electron chi connectivity index (χ2n) is 7.90. The van der Waals surface area contributed by atoms with E-state index in [-0.39, 0.29) is 36.3 Å². The van der Waals surface area contributed by atoms with Gasteiger partial charge in [-0.2, -0.15) is 0 Å². The highest BCUT2D eigenvalue weighted by molar-refractivity contribution is 7.89. The van der Waals surface area contributed by atoms with Gasteiger partial charge in [0.1, 0.15) is 18.4 Å². The summed E-state index contributed by atoms with van der Waals surface area (Å²) in [5.74, 6) is -0.532. The predicted octanol–water partition coefficient (Wildman–Crippen LogP) is 1.28. The van der Waals surface area contributed by atoms with Crippen molar-refractivity contribution in [3.63, 3.8) is 0 Å². The molecule has 2 aromatic rings. The van der Waals surface area contributed by atoms with E-state index in [0.717, 1.165) is 9.87 Å². The van der Waals surface area contributed by atoms with Gasteiger partial charge >= 0.3 is 0 Å². The summed E-state index contributed by atoms with van der Waals surface area (Å²) < 4.78 is 31.5. The third-order valence-electron chi connectivity index (χ3n) is 5.64. The van der Waals surface area contributed by atoms with Gasteiger partial charge < -0.3 is 9.64 Å². The number of nitrogens with zero attached hydrogens (tertiary/aromatic N) is 2. The maximum atomic E-state index is 12.9. The largest absolute Gasteiger partial charge is 0.489 e. The Morgan fingerprint density at radius 1 is 1.09 bits per heavy atom. The first-order valence-corrected chi connectivity index (χ1v) is 11.5. The van der Waals surface area contributed by atoms with Crippen LogP contribution in [0.25, 0.3) is 0 Å². The van der Waals surface area contributed by atoms with Gasteiger partial charge in [-0.1, -0.05) is 18.2 Å². The molecule has 0 aliphatic carbocycles. The van der Waals surface area contributed by atoms with E-state index in [1.165, 1.54) is 31.1 Å². The molecule has 168 valence electrons. The molecule has 1 fully saturated rings. The van der Waals surface area contributed by atoms with Crippen LogP contribution in [0.2, 0.25) is 0 Å². The Morgan fingerprint density at radius 3 is 2.47 bits per heavy atom. The molecular weight excluding hydrogens is 434 g/mol. The van der Waals surface area contributed by atoms with Crippen molar-refractivity contribution in [2.45, 2.75) is 36.9 Å². The van der Waals surface area contributed by atoms with E-state index < -0.39 is 22.0 Å². The second kappa shape index (κ2) is 8.36. The molecule has 0 radical (unpaired) electrons. The Morgan fingerprint density at radius 2 is 1.81 bits per heavy atom. The van der Waals surface area contributed by atoms with E-state index in [1.807, 2.05) is 0 Å². The summed E-state index contributed by atoms with van der Waals surface area (Å²) in [7, 11) is -0.556. The summed E-state index contributed by atoms with van der Waals surface area (Å²) in [5, 5.41) is 2.29. The Hall–Kier alpha value is -3.24. The van der Waals surface area contributed by atoms with Gasteiger partial charge in [0.15, 0.2) is 0 Å². The number of rotatable bonds is 6. The highest BCUT2D eigenvalue weighted by atomic mass is 32.2. The summed E-state index contributed by atoms with van der Waals surface area (Å²) in [6.07, 6.45) is 0.488. The van der Waals surface area contributed by atoms with Crippen LogP contribution in [0.5, 0.6) is 5.75 Å². The summed E-state index contributed by atoms with van der Waals surface area (Å²) >= 11 is 0. The van der Waals surface area contributed by atoms with E-state index in [1.54, 1.807) is 30.3 Å². The normalized spacial score (nSPS) is 18.7. The van der Waals surface area contributed by atoms with Crippen LogP contribution in [0, 0.1) is 0 Å². The van der Waals surface area contributed by atoms with E-state index in [2.05, 4.69) is 5.32 Å². The zero-order chi connectivity index (χ0) is 23.0. The fourth-order valence-corrected chi connectivity index (χ4v) is 4.72. The first-order valence-electron chi connectivity index (χ1n) is 10.1. The van der Waals surface area contributed by atoms with Crippen LogP contribution in [0.15, 0.2) is 47.4 Å². The van der Waals surface area contributed by atoms with E-state index in [4.69, 9.17) is 4.74 Å². The van der Waals surface area contributed by atoms with Gasteiger partial charge in [-0.3, -0.25) is 19.7 Å². The van der Waals surface area contributed by atoms with Gasteiger partial charge in [0.2, 0.25) is 21.8 Å². The van der Waals surface area contributed by atoms with Gasteiger partial charge in [0.25, 0.3) is 5.91 Å². The average Bonchev–Trinajstić information content (AvgIpc) is 3.09. The summed E-state index contributed by atoms with van der Waals surface area (Å²) in [6.45, 7) is 0.405. The van der Waals surface area contributed by atoms with Gasteiger partial charge in [-0.25, -0.2) is 12.7 Å². The molecule has 9 nitrogen and oxygen atoms in total. The lowest BCUT2D eigenvalue weighted by molar-refractivity contribution is -0.136. The lowest BCUT2D eigenvalue weighted by Gasteiger charge is -2.29. The lowest BCUT2D eigenvalue weighted by Crippen LogP contribution is -2.52. The molecule has 0 aromatic heterocycles. The topological polar surface area (TPSA) is 113 Å². The van der Waals surface area contributed by atoms with Crippen LogP contribution in [0.1, 0.15) is 34.3 Å². The number of hydrogen-bond acceptors (Lipinski definition) is 6. The standard InChI is InChI=1S/C22H23N3O6S/c1-24(2)32(29,30)15-8-6-14(7-9-15)13-31-19-5-3-4-16-17(19)12-25(22(16)28)18-10-11-20(26)23-21(18)27/h3-9,18H,10-13H2,1-2H3,(H,23,26,27). The molecular formula is C22H23N3O6S. The molecule has 1 unspecified atom stereocenters. The molecule has 2 aliphatic rings. The molecule has 10 heteroatoms. The number of sulfonamides is 1. The molecule has 32 heavy (non-hydrogen) atoms. The van der Waals surface area contributed by atoms with Crippen molar-refractivity contribution in [2.24, 2.45) is 0 Å². The number of carbonyl (C=O) groups is 3. The quantitative estimate of drug-likeness (QED) is 0.654. The molecule has 3 amide bonds. The van der Waals surface area contributed by atoms with Crippen LogP contribution >= 0.6 is 0 Å². The molecule has 0 bridgehead atoms. The minimum absolute atomic E-state index is 0.186. The summed E-state index contributed by atoms with van der Waals surface area (Å²) in [6, 6.07) is 10.9. The maximum absolute atomic E-state index is 12.9. The third kappa shape index (κ3) is 3.98. The fourth-order valence-electron chi connectivity index (χ4n) is 3.82. The maximum Gasteiger partial charge on any atom is 0.255 e. The minimum Gasteiger partial charge on any atom is -0.489 e. The molecule has 0 spiro atoms. The van der Waals surface area contributed by atoms with Crippen LogP contribution in [-0.2, 0) is 32.8 Å². The minimum atomic E-state index is -3.50. The van der Waals surface area contributed by atoms with Crippen molar-refractivity contribution in [3.8, 4) is 5.75 Å². The van der Waals surface area contributed by atoms with Crippen LogP contribution in [0.3, 0.4) is 0 Å². The summed E-state index contributed by atoms with van der Waals surface area (Å²) in [4.78, 5) is 38.2. The zero-order valence-corrected chi connectivity index (χ0v) is 18.5. The fraction of sp³-hybridized carbons (Fsp3) is 0.318. The van der Waals surface area contributed by atoms with Crippen molar-refractivity contribution < 1.29 is 27.5 Å². The molecule has 1 saturated heterocycles. The Balaban J connectivity index is 1.48. The third-order valence-corrected chi connectivity index (χ3v) is 7.46. The molecule has 4 rings (SSSR count). The van der Waals surface area contributed by atoms with E-state index in [9.17, 15) is 22.8 Å². The van der Waals surface area contributed by atoms with Crippen molar-refractivity contribution >= 4 is 27.7 Å². The van der Waals surface area contributed by atoms with Gasteiger partial charge in [0.05, 0.1) is 11.4 Å². The lowest BCUT2D eigenvalue weighted by atomic mass is 10.0. The highest BCUT2D eigenvalue weighted by Crippen LogP contribution is 2.34. The number of carbonyl (C=O) groups excluding carboxylic acids is 3. The molecule has 2 heterocycles. The van der Waals surface area contributed by atoms with Crippen molar-refractivity contribution in [1.29, 1.82) is 0 Å². The number of hydrogen-bond donors (Lipinski definition) is 1. The Bertz CT molecular complexity index is 1190. The number of amides is 3. The SMILES string of the molecule is CN(C)S(=O)(=O)c1ccc(COc2cccc3c2CN(C2CCC(=O)NC2=O)C3=O)cc1. The Kier molecular flexibility index (Phi) is 5.74. The predicted molar refractivity (Wildman–Crippen MR) is 114 cm³/mol. The number of benzene rings is 2. The molecule has 0 saturated carbocycles. The van der Waals surface area contributed by atoms with Crippen LogP contribution in [0.4, 0.5) is 0 Å². The highest BCUT2D eigenvalue weighted by Gasteiger charge is 2.40. The van der Waals surface area contributed by atoms with Gasteiger partial charge in [0, 0.05) is 31.6 Å². The van der Waals surface area contributed by atoms with Crippen molar-refractivity contribution in [2.75, 3.05) is 14.1 Å². The first kappa shape index (κ1) is 22.0.